The molecule has 1 saturated heterocycles. The third kappa shape index (κ3) is 4.70. The van der Waals surface area contributed by atoms with Crippen molar-refractivity contribution in [2.24, 2.45) is 0 Å². The summed E-state index contributed by atoms with van der Waals surface area (Å²) in [5, 5.41) is 0. The first kappa shape index (κ1) is 18.6. The number of halogens is 1. The van der Waals surface area contributed by atoms with Crippen LogP contribution in [0.1, 0.15) is 37.7 Å². The summed E-state index contributed by atoms with van der Waals surface area (Å²) >= 11 is 0. The summed E-state index contributed by atoms with van der Waals surface area (Å²) in [6, 6.07) is 14.4. The first-order valence-corrected chi connectivity index (χ1v) is 9.39. The van der Waals surface area contributed by atoms with Gasteiger partial charge in [-0.05, 0) is 50.0 Å². The molecule has 0 amide bonds. The summed E-state index contributed by atoms with van der Waals surface area (Å²) in [5.74, 6) is -1.09. The third-order valence-corrected chi connectivity index (χ3v) is 5.03. The molecule has 0 N–H and O–H groups in total. The van der Waals surface area contributed by atoms with E-state index in [0.717, 1.165) is 25.2 Å². The minimum atomic E-state index is -0.476. The lowest BCUT2D eigenvalue weighted by molar-refractivity contribution is -0.145. The second-order valence-electron chi connectivity index (χ2n) is 6.90. The zero-order chi connectivity index (χ0) is 18.4. The highest BCUT2D eigenvalue weighted by Crippen LogP contribution is 2.26. The molecule has 1 fully saturated rings. The first-order chi connectivity index (χ1) is 12.6. The Kier molecular flexibility index (Phi) is 6.40. The van der Waals surface area contributed by atoms with Gasteiger partial charge in [0, 0.05) is 12.1 Å². The molecular formula is C22H26FNO2. The van der Waals surface area contributed by atoms with Crippen LogP contribution in [0.25, 0.3) is 11.1 Å². The van der Waals surface area contributed by atoms with Crippen molar-refractivity contribution in [1.82, 2.24) is 4.90 Å². The quantitative estimate of drug-likeness (QED) is 0.708. The SMILES string of the molecule is CC(C(=O)OCCN1CCCCC1)c1ccc(-c2ccccc2)c(F)c1. The molecule has 1 aliphatic rings. The van der Waals surface area contributed by atoms with Gasteiger partial charge in [0.05, 0.1) is 5.92 Å². The average Bonchev–Trinajstić information content (AvgIpc) is 2.68. The van der Waals surface area contributed by atoms with Gasteiger partial charge in [0.2, 0.25) is 0 Å². The van der Waals surface area contributed by atoms with Gasteiger partial charge in [0.25, 0.3) is 0 Å². The van der Waals surface area contributed by atoms with E-state index in [2.05, 4.69) is 4.90 Å². The van der Waals surface area contributed by atoms with Crippen LogP contribution in [0.3, 0.4) is 0 Å². The van der Waals surface area contributed by atoms with E-state index in [0.29, 0.717) is 17.7 Å². The Labute approximate surface area is 154 Å². The fourth-order valence-corrected chi connectivity index (χ4v) is 3.37. The molecule has 26 heavy (non-hydrogen) atoms. The van der Waals surface area contributed by atoms with E-state index in [1.807, 2.05) is 36.4 Å². The molecule has 0 aromatic heterocycles. The monoisotopic (exact) mass is 355 g/mol. The number of nitrogens with zero attached hydrogens (tertiary/aromatic N) is 1. The lowest BCUT2D eigenvalue weighted by Gasteiger charge is -2.26. The number of piperidine rings is 1. The molecule has 4 heteroatoms. The maximum Gasteiger partial charge on any atom is 0.313 e. The number of carbonyl (C=O) groups is 1. The van der Waals surface area contributed by atoms with Gasteiger partial charge in [0.1, 0.15) is 12.4 Å². The minimum Gasteiger partial charge on any atom is -0.464 e. The number of esters is 1. The molecule has 1 aliphatic heterocycles. The Bertz CT molecular complexity index is 726. The van der Waals surface area contributed by atoms with Crippen LogP contribution in [0, 0.1) is 5.82 Å². The number of rotatable bonds is 6. The molecule has 0 bridgehead atoms. The van der Waals surface area contributed by atoms with Crippen LogP contribution in [0.15, 0.2) is 48.5 Å². The van der Waals surface area contributed by atoms with E-state index in [1.54, 1.807) is 13.0 Å². The van der Waals surface area contributed by atoms with Gasteiger partial charge >= 0.3 is 5.97 Å². The van der Waals surface area contributed by atoms with E-state index in [-0.39, 0.29) is 11.8 Å². The van der Waals surface area contributed by atoms with Crippen LogP contribution < -0.4 is 0 Å². The number of hydrogen-bond donors (Lipinski definition) is 0. The van der Waals surface area contributed by atoms with Crippen LogP contribution in [-0.2, 0) is 9.53 Å². The molecule has 138 valence electrons. The molecule has 0 radical (unpaired) electrons. The van der Waals surface area contributed by atoms with Gasteiger partial charge in [-0.15, -0.1) is 0 Å². The molecule has 1 heterocycles. The average molecular weight is 355 g/mol. The van der Waals surface area contributed by atoms with Gasteiger partial charge < -0.3 is 4.74 Å². The zero-order valence-corrected chi connectivity index (χ0v) is 15.3. The topological polar surface area (TPSA) is 29.5 Å². The highest BCUT2D eigenvalue weighted by molar-refractivity contribution is 5.78. The summed E-state index contributed by atoms with van der Waals surface area (Å²) in [4.78, 5) is 14.6. The van der Waals surface area contributed by atoms with E-state index >= 15 is 0 Å². The summed E-state index contributed by atoms with van der Waals surface area (Å²) in [5.41, 5.74) is 2.01. The van der Waals surface area contributed by atoms with E-state index in [4.69, 9.17) is 4.74 Å². The second kappa shape index (κ2) is 8.95. The second-order valence-corrected chi connectivity index (χ2v) is 6.90. The number of ether oxygens (including phenoxy) is 1. The van der Waals surface area contributed by atoms with Crippen molar-refractivity contribution in [2.75, 3.05) is 26.2 Å². The molecule has 3 nitrogen and oxygen atoms in total. The molecule has 1 unspecified atom stereocenters. The zero-order valence-electron chi connectivity index (χ0n) is 15.3. The number of hydrogen-bond acceptors (Lipinski definition) is 3. The first-order valence-electron chi connectivity index (χ1n) is 9.39. The van der Waals surface area contributed by atoms with E-state index in [9.17, 15) is 9.18 Å². The van der Waals surface area contributed by atoms with Crippen molar-refractivity contribution in [3.05, 3.63) is 59.9 Å². The van der Waals surface area contributed by atoms with Crippen LogP contribution >= 0.6 is 0 Å². The van der Waals surface area contributed by atoms with Gasteiger partial charge in [-0.1, -0.05) is 48.9 Å². The Morgan fingerprint density at radius 1 is 1.12 bits per heavy atom. The molecular weight excluding hydrogens is 329 g/mol. The Morgan fingerprint density at radius 3 is 2.54 bits per heavy atom. The van der Waals surface area contributed by atoms with Gasteiger partial charge in [-0.2, -0.15) is 0 Å². The summed E-state index contributed by atoms with van der Waals surface area (Å²) in [6.45, 7) is 5.10. The molecule has 0 aliphatic carbocycles. The normalized spacial score (nSPS) is 16.2. The van der Waals surface area contributed by atoms with Crippen LogP contribution in [0.4, 0.5) is 4.39 Å². The fourth-order valence-electron chi connectivity index (χ4n) is 3.37. The number of benzene rings is 2. The lowest BCUT2D eigenvalue weighted by atomic mass is 9.97. The van der Waals surface area contributed by atoms with Crippen molar-refractivity contribution in [2.45, 2.75) is 32.1 Å². The van der Waals surface area contributed by atoms with Crippen LogP contribution in [0.2, 0.25) is 0 Å². The van der Waals surface area contributed by atoms with Crippen molar-refractivity contribution in [3.63, 3.8) is 0 Å². The molecule has 0 spiro atoms. The molecule has 2 aromatic rings. The number of carbonyl (C=O) groups excluding carboxylic acids is 1. The smallest absolute Gasteiger partial charge is 0.313 e. The van der Waals surface area contributed by atoms with Crippen LogP contribution in [0.5, 0.6) is 0 Å². The highest BCUT2D eigenvalue weighted by atomic mass is 19.1. The molecule has 2 aromatic carbocycles. The largest absolute Gasteiger partial charge is 0.464 e. The highest BCUT2D eigenvalue weighted by Gasteiger charge is 2.19. The molecule has 3 rings (SSSR count). The third-order valence-electron chi connectivity index (χ3n) is 5.03. The van der Waals surface area contributed by atoms with Crippen molar-refractivity contribution >= 4 is 5.97 Å². The lowest BCUT2D eigenvalue weighted by Crippen LogP contribution is -2.33. The van der Waals surface area contributed by atoms with E-state index in [1.165, 1.54) is 25.3 Å². The van der Waals surface area contributed by atoms with Gasteiger partial charge in [-0.3, -0.25) is 9.69 Å². The Hall–Kier alpha value is -2.20. The van der Waals surface area contributed by atoms with Gasteiger partial charge in [-0.25, -0.2) is 4.39 Å². The maximum atomic E-state index is 14.5. The summed E-state index contributed by atoms with van der Waals surface area (Å²) in [7, 11) is 0. The fraction of sp³-hybridized carbons (Fsp3) is 0.409. The van der Waals surface area contributed by atoms with Crippen LogP contribution in [-0.4, -0.2) is 37.1 Å². The Balaban J connectivity index is 1.57. The summed E-state index contributed by atoms with van der Waals surface area (Å²) in [6.07, 6.45) is 3.73. The van der Waals surface area contributed by atoms with Crippen molar-refractivity contribution in [3.8, 4) is 11.1 Å². The Morgan fingerprint density at radius 2 is 1.85 bits per heavy atom. The van der Waals surface area contributed by atoms with Crippen molar-refractivity contribution in [1.29, 1.82) is 0 Å². The molecule has 1 atom stereocenters. The minimum absolute atomic E-state index is 0.297. The number of likely N-dealkylation sites (tertiary alicyclic amines) is 1. The van der Waals surface area contributed by atoms with Crippen molar-refractivity contribution < 1.29 is 13.9 Å². The predicted molar refractivity (Wildman–Crippen MR) is 102 cm³/mol. The van der Waals surface area contributed by atoms with Gasteiger partial charge in [0.15, 0.2) is 0 Å². The maximum absolute atomic E-state index is 14.5. The van der Waals surface area contributed by atoms with E-state index < -0.39 is 5.92 Å². The standard InChI is InChI=1S/C22H26FNO2/c1-17(22(25)26-15-14-24-12-6-3-7-13-24)19-10-11-20(21(23)16-19)18-8-4-2-5-9-18/h2,4-5,8-11,16-17H,3,6-7,12-15H2,1H3. The predicted octanol–water partition coefficient (Wildman–Crippen LogP) is 4.63. The summed E-state index contributed by atoms with van der Waals surface area (Å²) < 4.78 is 19.9. The molecule has 0 saturated carbocycles.